The van der Waals surface area contributed by atoms with Crippen LogP contribution in [0.25, 0.3) is 0 Å². The van der Waals surface area contributed by atoms with Gasteiger partial charge in [-0.1, -0.05) is 30.3 Å². The summed E-state index contributed by atoms with van der Waals surface area (Å²) in [5, 5.41) is 28.4. The minimum atomic E-state index is -0.0789. The quantitative estimate of drug-likeness (QED) is 0.627. The first-order valence-corrected chi connectivity index (χ1v) is 9.47. The standard InChI is InChI=1S/C21H23N5O2/c27-18-7-6-17(19(28)8-18)9-22-23-20(16-4-2-1-3-5-16)21-10-24-13-25(11-21)15-26(12-21)14-24/h1-9,27-28H,10-15H2/b22-9+,23-20-. The molecular weight excluding hydrogens is 354 g/mol. The van der Waals surface area contributed by atoms with Gasteiger partial charge >= 0.3 is 0 Å². The maximum absolute atomic E-state index is 9.98. The first-order chi connectivity index (χ1) is 13.6. The molecule has 2 aromatic carbocycles. The van der Waals surface area contributed by atoms with Crippen molar-refractivity contribution in [3.05, 3.63) is 59.7 Å². The second-order valence-electron chi connectivity index (χ2n) is 7.99. The van der Waals surface area contributed by atoms with Crippen LogP contribution in [0.4, 0.5) is 0 Å². The number of nitrogens with zero attached hydrogens (tertiary/aromatic N) is 5. The van der Waals surface area contributed by atoms with E-state index in [4.69, 9.17) is 0 Å². The molecule has 0 radical (unpaired) electrons. The zero-order valence-corrected chi connectivity index (χ0v) is 15.6. The van der Waals surface area contributed by atoms with Crippen LogP contribution < -0.4 is 0 Å². The minimum Gasteiger partial charge on any atom is -0.508 e. The van der Waals surface area contributed by atoms with Crippen molar-refractivity contribution in [3.8, 4) is 11.5 Å². The lowest BCUT2D eigenvalue weighted by atomic mass is 9.74. The molecule has 4 fully saturated rings. The Morgan fingerprint density at radius 2 is 1.54 bits per heavy atom. The average Bonchev–Trinajstić information content (AvgIpc) is 2.66. The van der Waals surface area contributed by atoms with Crippen LogP contribution in [0.5, 0.6) is 11.5 Å². The molecule has 4 saturated heterocycles. The van der Waals surface area contributed by atoms with Crippen LogP contribution in [0.3, 0.4) is 0 Å². The molecule has 4 heterocycles. The lowest BCUT2D eigenvalue weighted by Crippen LogP contribution is -2.74. The summed E-state index contributed by atoms with van der Waals surface area (Å²) in [4.78, 5) is 7.39. The Balaban J connectivity index is 1.52. The average molecular weight is 377 g/mol. The van der Waals surface area contributed by atoms with Crippen LogP contribution in [0, 0.1) is 5.41 Å². The first kappa shape index (κ1) is 17.4. The molecule has 4 bridgehead atoms. The zero-order chi connectivity index (χ0) is 19.1. The molecule has 7 heteroatoms. The van der Waals surface area contributed by atoms with E-state index in [-0.39, 0.29) is 16.9 Å². The van der Waals surface area contributed by atoms with Crippen LogP contribution in [-0.4, -0.2) is 76.5 Å². The maximum Gasteiger partial charge on any atom is 0.128 e. The Kier molecular flexibility index (Phi) is 4.16. The van der Waals surface area contributed by atoms with E-state index in [9.17, 15) is 10.2 Å². The summed E-state index contributed by atoms with van der Waals surface area (Å²) in [6.45, 7) is 6.00. The van der Waals surface area contributed by atoms with Crippen LogP contribution in [0.1, 0.15) is 11.1 Å². The second-order valence-corrected chi connectivity index (χ2v) is 7.99. The predicted octanol–water partition coefficient (Wildman–Crippen LogP) is 1.73. The molecule has 0 saturated carbocycles. The van der Waals surface area contributed by atoms with E-state index in [0.717, 1.165) is 50.9 Å². The summed E-state index contributed by atoms with van der Waals surface area (Å²) in [7, 11) is 0. The fraction of sp³-hybridized carbons (Fsp3) is 0.333. The molecule has 0 spiro atoms. The van der Waals surface area contributed by atoms with Gasteiger partial charge in [0, 0.05) is 31.3 Å². The molecule has 0 amide bonds. The lowest BCUT2D eigenvalue weighted by molar-refractivity contribution is -0.149. The molecule has 4 aliphatic heterocycles. The van der Waals surface area contributed by atoms with E-state index in [1.54, 1.807) is 12.3 Å². The van der Waals surface area contributed by atoms with E-state index in [2.05, 4.69) is 37.0 Å². The highest BCUT2D eigenvalue weighted by atomic mass is 16.3. The fourth-order valence-electron chi connectivity index (χ4n) is 4.80. The molecule has 7 nitrogen and oxygen atoms in total. The number of hydrogen-bond donors (Lipinski definition) is 2. The van der Waals surface area contributed by atoms with Crippen molar-refractivity contribution in [2.24, 2.45) is 15.6 Å². The zero-order valence-electron chi connectivity index (χ0n) is 15.6. The number of phenolic OH excluding ortho intramolecular Hbond substituents is 2. The number of rotatable bonds is 4. The number of aromatic hydroxyl groups is 2. The molecule has 6 rings (SSSR count). The Bertz CT molecular complexity index is 906. The Morgan fingerprint density at radius 3 is 2.14 bits per heavy atom. The highest BCUT2D eigenvalue weighted by molar-refractivity contribution is 6.05. The summed E-state index contributed by atoms with van der Waals surface area (Å²) in [6.07, 6.45) is 1.54. The molecule has 4 aliphatic rings. The van der Waals surface area contributed by atoms with Gasteiger partial charge in [0.25, 0.3) is 0 Å². The van der Waals surface area contributed by atoms with Crippen LogP contribution in [-0.2, 0) is 0 Å². The third-order valence-electron chi connectivity index (χ3n) is 5.70. The monoisotopic (exact) mass is 377 g/mol. The molecule has 0 aliphatic carbocycles. The summed E-state index contributed by atoms with van der Waals surface area (Å²) >= 11 is 0. The molecule has 0 unspecified atom stereocenters. The molecule has 28 heavy (non-hydrogen) atoms. The van der Waals surface area contributed by atoms with Crippen molar-refractivity contribution in [1.29, 1.82) is 0 Å². The molecule has 2 aromatic rings. The van der Waals surface area contributed by atoms with Crippen LogP contribution in [0.2, 0.25) is 0 Å². The molecule has 2 N–H and O–H groups in total. The third-order valence-corrected chi connectivity index (χ3v) is 5.70. The van der Waals surface area contributed by atoms with E-state index in [1.807, 2.05) is 18.2 Å². The van der Waals surface area contributed by atoms with E-state index >= 15 is 0 Å². The second kappa shape index (κ2) is 6.70. The van der Waals surface area contributed by atoms with Gasteiger partial charge < -0.3 is 10.2 Å². The molecular formula is C21H23N5O2. The van der Waals surface area contributed by atoms with Gasteiger partial charge in [0.2, 0.25) is 0 Å². The van der Waals surface area contributed by atoms with Crippen LogP contribution >= 0.6 is 0 Å². The molecule has 0 aromatic heterocycles. The largest absolute Gasteiger partial charge is 0.508 e. The van der Waals surface area contributed by atoms with Gasteiger partial charge in [0.1, 0.15) is 11.5 Å². The summed E-state index contributed by atoms with van der Waals surface area (Å²) < 4.78 is 0. The third kappa shape index (κ3) is 3.07. The van der Waals surface area contributed by atoms with Gasteiger partial charge in [-0.05, 0) is 17.7 Å². The van der Waals surface area contributed by atoms with E-state index < -0.39 is 0 Å². The van der Waals surface area contributed by atoms with Crippen LogP contribution in [0.15, 0.2) is 58.7 Å². The van der Waals surface area contributed by atoms with E-state index in [1.165, 1.54) is 12.1 Å². The Morgan fingerprint density at radius 1 is 0.893 bits per heavy atom. The lowest BCUT2D eigenvalue weighted by Gasteiger charge is -2.60. The maximum atomic E-state index is 9.98. The van der Waals surface area contributed by atoms with Gasteiger partial charge in [-0.2, -0.15) is 10.2 Å². The summed E-state index contributed by atoms with van der Waals surface area (Å²) in [5.74, 6) is 0.00666. The highest BCUT2D eigenvalue weighted by Crippen LogP contribution is 2.38. The molecule has 144 valence electrons. The van der Waals surface area contributed by atoms with Crippen molar-refractivity contribution >= 4 is 11.9 Å². The van der Waals surface area contributed by atoms with E-state index in [0.29, 0.717) is 5.56 Å². The first-order valence-electron chi connectivity index (χ1n) is 9.47. The SMILES string of the molecule is Oc1ccc(/C=N/N=C(/c2ccccc2)C23CN4CN(CN(C4)C2)C3)c(O)c1. The molecule has 0 atom stereocenters. The fourth-order valence-corrected chi connectivity index (χ4v) is 4.80. The Labute approximate surface area is 163 Å². The number of phenols is 2. The summed E-state index contributed by atoms with van der Waals surface area (Å²) in [5.41, 5.74) is 2.52. The van der Waals surface area contributed by atoms with Crippen molar-refractivity contribution in [3.63, 3.8) is 0 Å². The van der Waals surface area contributed by atoms with Gasteiger partial charge in [-0.15, -0.1) is 0 Å². The Hall–Kier alpha value is -2.74. The van der Waals surface area contributed by atoms with Gasteiger partial charge in [0.05, 0.1) is 37.3 Å². The minimum absolute atomic E-state index is 0.0154. The summed E-state index contributed by atoms with van der Waals surface area (Å²) in [6, 6.07) is 14.7. The highest BCUT2D eigenvalue weighted by Gasteiger charge is 2.51. The van der Waals surface area contributed by atoms with Crippen molar-refractivity contribution in [1.82, 2.24) is 14.7 Å². The predicted molar refractivity (Wildman–Crippen MR) is 107 cm³/mol. The van der Waals surface area contributed by atoms with Gasteiger partial charge in [-0.25, -0.2) is 0 Å². The van der Waals surface area contributed by atoms with Crippen molar-refractivity contribution < 1.29 is 10.2 Å². The van der Waals surface area contributed by atoms with Crippen molar-refractivity contribution in [2.45, 2.75) is 0 Å². The smallest absolute Gasteiger partial charge is 0.128 e. The van der Waals surface area contributed by atoms with Crippen molar-refractivity contribution in [2.75, 3.05) is 39.6 Å². The van der Waals surface area contributed by atoms with Gasteiger partial charge in [0.15, 0.2) is 0 Å². The number of benzene rings is 2. The van der Waals surface area contributed by atoms with Gasteiger partial charge in [-0.3, -0.25) is 14.7 Å². The topological polar surface area (TPSA) is 74.9 Å². The number of hydrogen-bond acceptors (Lipinski definition) is 7. The normalized spacial score (nSPS) is 31.6.